The Labute approximate surface area is 189 Å². The summed E-state index contributed by atoms with van der Waals surface area (Å²) < 4.78 is 7.31. The molecule has 2 atom stereocenters. The lowest BCUT2D eigenvalue weighted by Crippen LogP contribution is -2.48. The molecule has 1 saturated heterocycles. The summed E-state index contributed by atoms with van der Waals surface area (Å²) >= 11 is 2.80. The van der Waals surface area contributed by atoms with Crippen molar-refractivity contribution in [2.75, 3.05) is 18.8 Å². The number of hydrogen-bond acceptors (Lipinski definition) is 6. The molecule has 3 aromatic rings. The quantitative estimate of drug-likeness (QED) is 0.319. The first-order valence-electron chi connectivity index (χ1n) is 10.2. The summed E-state index contributed by atoms with van der Waals surface area (Å²) in [4.78, 5) is 34.2. The molecule has 1 aliphatic rings. The van der Waals surface area contributed by atoms with Gasteiger partial charge in [-0.2, -0.15) is 0 Å². The summed E-state index contributed by atoms with van der Waals surface area (Å²) in [6.07, 6.45) is 1.72. The van der Waals surface area contributed by atoms with Crippen LogP contribution in [0.25, 0.3) is 20.7 Å². The molecule has 0 bridgehead atoms. The third-order valence-corrected chi connectivity index (χ3v) is 7.12. The number of hydrogen-bond donors (Lipinski definition) is 0. The maximum Gasteiger partial charge on any atom is 0.263 e. The molecule has 1 aromatic carbocycles. The summed E-state index contributed by atoms with van der Waals surface area (Å²) in [5, 5.41) is 1.14. The van der Waals surface area contributed by atoms with Crippen LogP contribution in [0.5, 0.6) is 0 Å². The minimum Gasteiger partial charge on any atom is -0.372 e. The maximum atomic E-state index is 13.2. The van der Waals surface area contributed by atoms with E-state index < -0.39 is 0 Å². The lowest BCUT2D eigenvalue weighted by Gasteiger charge is -2.35. The van der Waals surface area contributed by atoms with Gasteiger partial charge in [0, 0.05) is 24.5 Å². The Hall–Kier alpha value is -2.42. The molecular formula is C23H25N3O3S2. The van der Waals surface area contributed by atoms with Gasteiger partial charge >= 0.3 is 0 Å². The van der Waals surface area contributed by atoms with Crippen molar-refractivity contribution >= 4 is 39.2 Å². The number of allylic oxidation sites excluding steroid dienone is 1. The molecular weight excluding hydrogens is 430 g/mol. The van der Waals surface area contributed by atoms with Crippen LogP contribution in [0.4, 0.5) is 0 Å². The fourth-order valence-corrected chi connectivity index (χ4v) is 5.73. The van der Waals surface area contributed by atoms with Crippen molar-refractivity contribution in [3.8, 4) is 10.4 Å². The van der Waals surface area contributed by atoms with Crippen LogP contribution in [-0.4, -0.2) is 51.4 Å². The molecule has 0 spiro atoms. The fraction of sp³-hybridized carbons (Fsp3) is 0.348. The van der Waals surface area contributed by atoms with Gasteiger partial charge in [0.2, 0.25) is 5.91 Å². The summed E-state index contributed by atoms with van der Waals surface area (Å²) in [5.74, 6) is 0.258. The Kier molecular flexibility index (Phi) is 6.60. The zero-order valence-electron chi connectivity index (χ0n) is 17.6. The zero-order valence-corrected chi connectivity index (χ0v) is 19.2. The Morgan fingerprint density at radius 1 is 1.29 bits per heavy atom. The van der Waals surface area contributed by atoms with E-state index in [9.17, 15) is 9.59 Å². The Morgan fingerprint density at radius 3 is 2.68 bits per heavy atom. The van der Waals surface area contributed by atoms with Gasteiger partial charge in [0.1, 0.15) is 4.83 Å². The topological polar surface area (TPSA) is 64.4 Å². The first kappa shape index (κ1) is 21.8. The first-order valence-corrected chi connectivity index (χ1v) is 12.0. The van der Waals surface area contributed by atoms with E-state index in [2.05, 4.69) is 6.58 Å². The van der Waals surface area contributed by atoms with Crippen molar-refractivity contribution in [1.29, 1.82) is 0 Å². The minimum atomic E-state index is -0.105. The summed E-state index contributed by atoms with van der Waals surface area (Å²) in [7, 11) is 0. The molecule has 2 unspecified atom stereocenters. The molecule has 0 aliphatic carbocycles. The molecule has 1 aliphatic heterocycles. The highest BCUT2D eigenvalue weighted by molar-refractivity contribution is 7.99. The number of benzene rings is 1. The van der Waals surface area contributed by atoms with E-state index in [1.165, 1.54) is 23.1 Å². The normalized spacial score (nSPS) is 19.0. The Bertz CT molecular complexity index is 1150. The molecule has 1 fully saturated rings. The van der Waals surface area contributed by atoms with E-state index >= 15 is 0 Å². The highest BCUT2D eigenvalue weighted by atomic mass is 32.2. The fourth-order valence-electron chi connectivity index (χ4n) is 3.74. The van der Waals surface area contributed by atoms with Crippen LogP contribution in [0.15, 0.2) is 59.0 Å². The average Bonchev–Trinajstić information content (AvgIpc) is 3.19. The smallest absolute Gasteiger partial charge is 0.263 e. The largest absolute Gasteiger partial charge is 0.372 e. The molecule has 31 heavy (non-hydrogen) atoms. The molecule has 162 valence electrons. The van der Waals surface area contributed by atoms with Crippen molar-refractivity contribution in [2.24, 2.45) is 0 Å². The number of carbonyl (C=O) groups is 1. The van der Waals surface area contributed by atoms with Gasteiger partial charge in [0.25, 0.3) is 5.56 Å². The molecule has 0 saturated carbocycles. The Morgan fingerprint density at radius 2 is 2.00 bits per heavy atom. The number of amides is 1. The number of ether oxygens (including phenoxy) is 1. The van der Waals surface area contributed by atoms with Gasteiger partial charge < -0.3 is 9.64 Å². The number of thioether (sulfide) groups is 1. The number of thiophene rings is 1. The molecule has 4 rings (SSSR count). The summed E-state index contributed by atoms with van der Waals surface area (Å²) in [6, 6.07) is 11.9. The lowest BCUT2D eigenvalue weighted by molar-refractivity contribution is -0.140. The second kappa shape index (κ2) is 9.38. The second-order valence-corrected chi connectivity index (χ2v) is 9.61. The third-order valence-electron chi connectivity index (χ3n) is 5.08. The summed E-state index contributed by atoms with van der Waals surface area (Å²) in [5.41, 5.74) is 0.951. The molecule has 0 radical (unpaired) electrons. The number of rotatable bonds is 6. The number of nitrogens with zero attached hydrogens (tertiary/aromatic N) is 3. The van der Waals surface area contributed by atoms with E-state index in [1.807, 2.05) is 55.1 Å². The third kappa shape index (κ3) is 4.76. The van der Waals surface area contributed by atoms with Crippen LogP contribution in [0.2, 0.25) is 0 Å². The Balaban J connectivity index is 1.62. The van der Waals surface area contributed by atoms with Gasteiger partial charge in [-0.3, -0.25) is 14.2 Å². The van der Waals surface area contributed by atoms with Gasteiger partial charge in [-0.05, 0) is 25.5 Å². The first-order chi connectivity index (χ1) is 15.0. The van der Waals surface area contributed by atoms with E-state index in [1.54, 1.807) is 10.6 Å². The van der Waals surface area contributed by atoms with Crippen LogP contribution in [0, 0.1) is 0 Å². The van der Waals surface area contributed by atoms with Gasteiger partial charge in [0.15, 0.2) is 5.16 Å². The molecule has 6 nitrogen and oxygen atoms in total. The molecule has 3 heterocycles. The predicted molar refractivity (Wildman–Crippen MR) is 127 cm³/mol. The van der Waals surface area contributed by atoms with E-state index in [4.69, 9.17) is 9.72 Å². The van der Waals surface area contributed by atoms with Gasteiger partial charge in [-0.1, -0.05) is 48.2 Å². The lowest BCUT2D eigenvalue weighted by atomic mass is 10.2. The van der Waals surface area contributed by atoms with E-state index in [0.717, 1.165) is 10.4 Å². The monoisotopic (exact) mass is 455 g/mol. The highest BCUT2D eigenvalue weighted by Crippen LogP contribution is 2.32. The number of aromatic nitrogens is 2. The standard InChI is InChI=1S/C23H25N3O3S2/c1-4-10-26-22(28)18-11-19(17-8-6-5-7-9-17)31-21(18)24-23(26)30-14-20(27)25-12-15(2)29-16(3)13-25/h4-9,11,15-16H,1,10,12-14H2,2-3H3. The number of fused-ring (bicyclic) bond motifs is 1. The number of carbonyl (C=O) groups excluding carboxylic acids is 1. The van der Waals surface area contributed by atoms with Crippen molar-refractivity contribution < 1.29 is 9.53 Å². The summed E-state index contributed by atoms with van der Waals surface area (Å²) in [6.45, 7) is 9.24. The van der Waals surface area contributed by atoms with E-state index in [-0.39, 0.29) is 29.4 Å². The maximum absolute atomic E-state index is 13.2. The van der Waals surface area contributed by atoms with E-state index in [0.29, 0.717) is 35.0 Å². The SMILES string of the molecule is C=CCn1c(SCC(=O)N2CC(C)OC(C)C2)nc2sc(-c3ccccc3)cc2c1=O. The second-order valence-electron chi connectivity index (χ2n) is 7.64. The van der Waals surface area contributed by atoms with Gasteiger partial charge in [-0.25, -0.2) is 4.98 Å². The van der Waals surface area contributed by atoms with Crippen molar-refractivity contribution in [1.82, 2.24) is 14.5 Å². The van der Waals surface area contributed by atoms with Crippen LogP contribution in [0.1, 0.15) is 13.8 Å². The predicted octanol–water partition coefficient (Wildman–Crippen LogP) is 4.04. The van der Waals surface area contributed by atoms with Crippen molar-refractivity contribution in [2.45, 2.75) is 37.8 Å². The molecule has 1 amide bonds. The van der Waals surface area contributed by atoms with Crippen molar-refractivity contribution in [3.63, 3.8) is 0 Å². The minimum absolute atomic E-state index is 0.0219. The van der Waals surface area contributed by atoms with Gasteiger partial charge in [0.05, 0.1) is 23.3 Å². The van der Waals surface area contributed by atoms with Crippen LogP contribution >= 0.6 is 23.1 Å². The molecule has 8 heteroatoms. The van der Waals surface area contributed by atoms with Crippen LogP contribution in [-0.2, 0) is 16.1 Å². The number of morpholine rings is 1. The van der Waals surface area contributed by atoms with Crippen molar-refractivity contribution in [3.05, 3.63) is 59.4 Å². The average molecular weight is 456 g/mol. The molecule has 0 N–H and O–H groups in total. The molecule has 2 aromatic heterocycles. The van der Waals surface area contributed by atoms with Crippen LogP contribution < -0.4 is 5.56 Å². The zero-order chi connectivity index (χ0) is 22.0. The van der Waals surface area contributed by atoms with Gasteiger partial charge in [-0.15, -0.1) is 17.9 Å². The van der Waals surface area contributed by atoms with Crippen LogP contribution in [0.3, 0.4) is 0 Å². The highest BCUT2D eigenvalue weighted by Gasteiger charge is 2.26.